The second-order valence-electron chi connectivity index (χ2n) is 5.95. The molecule has 0 spiro atoms. The van der Waals surface area contributed by atoms with E-state index in [4.69, 9.17) is 15.2 Å². The summed E-state index contributed by atoms with van der Waals surface area (Å²) in [4.78, 5) is 37.9. The largest absolute Gasteiger partial charge is 0.464 e. The van der Waals surface area contributed by atoms with Crippen molar-refractivity contribution in [3.63, 3.8) is 0 Å². The fraction of sp³-hybridized carbons (Fsp3) is 0.316. The van der Waals surface area contributed by atoms with Gasteiger partial charge in [-0.15, -0.1) is 11.3 Å². The van der Waals surface area contributed by atoms with E-state index in [2.05, 4.69) is 0 Å². The summed E-state index contributed by atoms with van der Waals surface area (Å²) in [6, 6.07) is 7.12. The van der Waals surface area contributed by atoms with Gasteiger partial charge in [0.25, 0.3) is 0 Å². The minimum atomic E-state index is -1.52. The molecule has 26 heavy (non-hydrogen) atoms. The molecule has 0 radical (unpaired) electrons. The minimum absolute atomic E-state index is 0.118. The number of ether oxygens (including phenoxy) is 2. The van der Waals surface area contributed by atoms with Crippen LogP contribution in [-0.4, -0.2) is 30.7 Å². The van der Waals surface area contributed by atoms with E-state index >= 15 is 0 Å². The van der Waals surface area contributed by atoms with Crippen LogP contribution < -0.4 is 20.9 Å². The molecule has 0 aliphatic heterocycles. The van der Waals surface area contributed by atoms with Crippen LogP contribution in [0, 0.1) is 0 Å². The first-order valence-electron chi connectivity index (χ1n) is 8.32. The highest BCUT2D eigenvalue weighted by Crippen LogP contribution is 2.22. The van der Waals surface area contributed by atoms with Crippen molar-refractivity contribution in [1.29, 1.82) is 0 Å². The van der Waals surface area contributed by atoms with Gasteiger partial charge in [0, 0.05) is 21.0 Å². The summed E-state index contributed by atoms with van der Waals surface area (Å²) < 4.78 is 11.4. The molecule has 0 bridgehead atoms. The van der Waals surface area contributed by atoms with Gasteiger partial charge >= 0.3 is 11.9 Å². The third-order valence-electron chi connectivity index (χ3n) is 4.16. The number of hydrogen-bond donors (Lipinski definition) is 1. The lowest BCUT2D eigenvalue weighted by molar-refractivity contribution is -0.147. The van der Waals surface area contributed by atoms with Crippen molar-refractivity contribution < 1.29 is 19.1 Å². The van der Waals surface area contributed by atoms with Gasteiger partial charge in [0.1, 0.15) is 5.54 Å². The molecule has 7 heteroatoms. The lowest BCUT2D eigenvalue weighted by Gasteiger charge is -2.26. The van der Waals surface area contributed by atoms with E-state index in [0.29, 0.717) is 9.92 Å². The Balaban J connectivity index is 2.39. The van der Waals surface area contributed by atoms with Gasteiger partial charge in [0.05, 0.1) is 24.0 Å². The smallest absolute Gasteiger partial charge is 0.334 e. The monoisotopic (exact) mass is 373 g/mol. The van der Waals surface area contributed by atoms with Crippen molar-refractivity contribution >= 4 is 45.0 Å². The van der Waals surface area contributed by atoms with E-state index in [1.165, 1.54) is 17.4 Å². The second kappa shape index (κ2) is 7.01. The topological polar surface area (TPSA) is 95.7 Å². The Labute approximate surface area is 153 Å². The second-order valence-corrected chi connectivity index (χ2v) is 7.03. The Morgan fingerprint density at radius 1 is 1.19 bits per heavy atom. The van der Waals surface area contributed by atoms with Crippen LogP contribution in [0.3, 0.4) is 0 Å². The highest BCUT2D eigenvalue weighted by Gasteiger charge is 2.39. The summed E-state index contributed by atoms with van der Waals surface area (Å²) in [5.74, 6) is -1.28. The zero-order valence-electron chi connectivity index (χ0n) is 14.5. The number of carbonyl (C=O) groups is 2. The van der Waals surface area contributed by atoms with Gasteiger partial charge in [-0.25, -0.2) is 9.59 Å². The third kappa shape index (κ3) is 3.04. The number of benzene rings is 1. The summed E-state index contributed by atoms with van der Waals surface area (Å²) in [5, 5.41) is 0.782. The zero-order valence-corrected chi connectivity index (χ0v) is 15.4. The number of fused-ring (bicyclic) bond motifs is 2. The lowest BCUT2D eigenvalue weighted by Crippen LogP contribution is -2.56. The van der Waals surface area contributed by atoms with Gasteiger partial charge in [0.15, 0.2) is 5.43 Å². The van der Waals surface area contributed by atoms with Gasteiger partial charge < -0.3 is 15.2 Å². The van der Waals surface area contributed by atoms with Gasteiger partial charge in [0.2, 0.25) is 0 Å². The lowest BCUT2D eigenvalue weighted by atomic mass is 9.87. The van der Waals surface area contributed by atoms with Crippen LogP contribution in [0.1, 0.15) is 20.3 Å². The van der Waals surface area contributed by atoms with Crippen LogP contribution >= 0.6 is 11.3 Å². The molecule has 1 unspecified atom stereocenters. The van der Waals surface area contributed by atoms with E-state index in [1.54, 1.807) is 26.0 Å². The normalized spacial score (nSPS) is 18.8. The summed E-state index contributed by atoms with van der Waals surface area (Å²) in [6.45, 7) is 3.68. The number of nitrogens with two attached hydrogens (primary N) is 1. The molecule has 136 valence electrons. The van der Waals surface area contributed by atoms with Crippen LogP contribution in [-0.2, 0) is 19.1 Å². The molecule has 1 aliphatic carbocycles. The number of hydrogen-bond acceptors (Lipinski definition) is 7. The molecule has 0 saturated carbocycles. The van der Waals surface area contributed by atoms with E-state index < -0.39 is 17.5 Å². The molecule has 1 aromatic heterocycles. The average Bonchev–Trinajstić information content (AvgIpc) is 2.61. The van der Waals surface area contributed by atoms with Gasteiger partial charge in [-0.1, -0.05) is 12.1 Å². The standard InChI is InChI=1S/C19H19NO5S/c1-3-24-17(22)12-9-19(20,18(23)25-4-2)10-14-15(12)16(21)11-7-5-6-8-13(11)26-14/h5-8,10H,3-4,9,20H2,1-2H3. The van der Waals surface area contributed by atoms with Crippen LogP contribution in [0.15, 0.2) is 29.1 Å². The highest BCUT2D eigenvalue weighted by atomic mass is 32.1. The van der Waals surface area contributed by atoms with Crippen LogP contribution in [0.4, 0.5) is 0 Å². The maximum Gasteiger partial charge on any atom is 0.334 e. The fourth-order valence-electron chi connectivity index (χ4n) is 3.00. The Morgan fingerprint density at radius 2 is 1.88 bits per heavy atom. The van der Waals surface area contributed by atoms with Crippen LogP contribution in [0.25, 0.3) is 21.7 Å². The molecule has 3 rings (SSSR count). The zero-order chi connectivity index (χ0) is 18.9. The molecule has 0 fully saturated rings. The van der Waals surface area contributed by atoms with Crippen molar-refractivity contribution in [2.45, 2.75) is 25.8 Å². The Hall–Kier alpha value is -2.51. The summed E-state index contributed by atoms with van der Waals surface area (Å²) in [5.41, 5.74) is 4.60. The molecule has 1 aromatic carbocycles. The van der Waals surface area contributed by atoms with E-state index in [9.17, 15) is 14.4 Å². The van der Waals surface area contributed by atoms with E-state index in [1.807, 2.05) is 12.1 Å². The van der Waals surface area contributed by atoms with E-state index in [-0.39, 0.29) is 35.9 Å². The van der Waals surface area contributed by atoms with Crippen molar-refractivity contribution in [1.82, 2.24) is 0 Å². The molecular weight excluding hydrogens is 354 g/mol. The van der Waals surface area contributed by atoms with Gasteiger partial charge in [-0.2, -0.15) is 0 Å². The van der Waals surface area contributed by atoms with Gasteiger partial charge in [-0.05, 0) is 32.1 Å². The molecule has 0 saturated heterocycles. The van der Waals surface area contributed by atoms with Crippen molar-refractivity contribution in [2.24, 2.45) is 5.73 Å². The van der Waals surface area contributed by atoms with Crippen LogP contribution in [0.2, 0.25) is 0 Å². The fourth-order valence-corrected chi connectivity index (χ4v) is 4.24. The maximum absolute atomic E-state index is 13.0. The predicted molar refractivity (Wildman–Crippen MR) is 100 cm³/mol. The Kier molecular flexibility index (Phi) is 4.93. The van der Waals surface area contributed by atoms with Crippen molar-refractivity contribution in [2.75, 3.05) is 13.2 Å². The first kappa shape index (κ1) is 18.3. The molecule has 1 heterocycles. The average molecular weight is 373 g/mol. The third-order valence-corrected chi connectivity index (χ3v) is 5.28. The number of carbonyl (C=O) groups excluding carboxylic acids is 2. The first-order chi connectivity index (χ1) is 12.4. The molecule has 1 atom stereocenters. The molecule has 2 aromatic rings. The van der Waals surface area contributed by atoms with Gasteiger partial charge in [-0.3, -0.25) is 4.79 Å². The number of esters is 2. The Morgan fingerprint density at radius 3 is 2.58 bits per heavy atom. The highest BCUT2D eigenvalue weighted by molar-refractivity contribution is 7.16. The predicted octanol–water partition coefficient (Wildman–Crippen LogP) is 0.420. The first-order valence-corrected chi connectivity index (χ1v) is 9.14. The molecule has 1 aliphatic rings. The number of rotatable bonds is 4. The SMILES string of the molecule is CCOC(=O)C1=c2c(sc3ccccc3c2=O)=CC(N)(C(=O)OCC)C1. The van der Waals surface area contributed by atoms with E-state index in [0.717, 1.165) is 4.70 Å². The molecule has 0 amide bonds. The summed E-state index contributed by atoms with van der Waals surface area (Å²) >= 11 is 1.31. The minimum Gasteiger partial charge on any atom is -0.464 e. The molecule has 2 N–H and O–H groups in total. The van der Waals surface area contributed by atoms with Crippen LogP contribution in [0.5, 0.6) is 0 Å². The Bertz CT molecular complexity index is 1070. The molecule has 6 nitrogen and oxygen atoms in total. The summed E-state index contributed by atoms with van der Waals surface area (Å²) in [6.07, 6.45) is 1.39. The van der Waals surface area contributed by atoms with Crippen molar-refractivity contribution in [3.05, 3.63) is 44.2 Å². The van der Waals surface area contributed by atoms with Crippen molar-refractivity contribution in [3.8, 4) is 0 Å². The quantitative estimate of drug-likeness (QED) is 0.781. The maximum atomic E-state index is 13.0. The summed E-state index contributed by atoms with van der Waals surface area (Å²) in [7, 11) is 0. The molecular formula is C19H19NO5S.